The Balaban J connectivity index is 1.36. The van der Waals surface area contributed by atoms with E-state index in [9.17, 15) is 14.4 Å². The van der Waals surface area contributed by atoms with Crippen LogP contribution < -0.4 is 10.6 Å². The highest BCUT2D eigenvalue weighted by atomic mass is 16.6. The second kappa shape index (κ2) is 6.88. The average molecular weight is 407 g/mol. The number of ether oxygens (including phenoxy) is 2. The van der Waals surface area contributed by atoms with E-state index in [0.29, 0.717) is 24.3 Å². The van der Waals surface area contributed by atoms with Crippen LogP contribution in [0.2, 0.25) is 0 Å². The molecule has 0 heterocycles. The van der Waals surface area contributed by atoms with E-state index in [1.807, 2.05) is 20.8 Å². The molecule has 7 heteroatoms. The van der Waals surface area contributed by atoms with Crippen LogP contribution in [0.25, 0.3) is 0 Å². The van der Waals surface area contributed by atoms with Crippen molar-refractivity contribution in [1.29, 1.82) is 0 Å². The molecule has 0 aromatic rings. The van der Waals surface area contributed by atoms with Gasteiger partial charge in [-0.3, -0.25) is 9.59 Å². The van der Waals surface area contributed by atoms with Gasteiger partial charge in [-0.25, -0.2) is 4.79 Å². The van der Waals surface area contributed by atoms with Gasteiger partial charge in [0.15, 0.2) is 0 Å². The van der Waals surface area contributed by atoms with Crippen molar-refractivity contribution < 1.29 is 23.9 Å². The van der Waals surface area contributed by atoms with Gasteiger partial charge in [0.1, 0.15) is 5.60 Å². The highest BCUT2D eigenvalue weighted by molar-refractivity contribution is 5.86. The van der Waals surface area contributed by atoms with Gasteiger partial charge in [0.2, 0.25) is 5.91 Å². The zero-order valence-electron chi connectivity index (χ0n) is 18.0. The fourth-order valence-electron chi connectivity index (χ4n) is 6.22. The third-order valence-electron chi connectivity index (χ3n) is 7.49. The number of amides is 2. The molecule has 0 spiro atoms. The third kappa shape index (κ3) is 3.84. The summed E-state index contributed by atoms with van der Waals surface area (Å²) in [6.07, 6.45) is 5.84. The molecular weight excluding hydrogens is 372 g/mol. The molecule has 0 saturated heterocycles. The van der Waals surface area contributed by atoms with Crippen LogP contribution in [0, 0.1) is 28.6 Å². The number of rotatable bonds is 5. The molecular formula is C22H34N2O5. The molecule has 5 saturated carbocycles. The van der Waals surface area contributed by atoms with Crippen LogP contribution in [0.1, 0.15) is 65.7 Å². The molecule has 5 aliphatic rings. The van der Waals surface area contributed by atoms with Gasteiger partial charge >= 0.3 is 12.1 Å². The van der Waals surface area contributed by atoms with E-state index in [1.54, 1.807) is 0 Å². The molecule has 4 bridgehead atoms. The van der Waals surface area contributed by atoms with Crippen LogP contribution in [-0.4, -0.2) is 43.3 Å². The van der Waals surface area contributed by atoms with Crippen molar-refractivity contribution in [2.75, 3.05) is 13.7 Å². The van der Waals surface area contributed by atoms with Crippen molar-refractivity contribution in [3.8, 4) is 0 Å². The first-order valence-corrected chi connectivity index (χ1v) is 10.9. The Morgan fingerprint density at radius 3 is 2.17 bits per heavy atom. The Morgan fingerprint density at radius 2 is 1.66 bits per heavy atom. The van der Waals surface area contributed by atoms with E-state index in [1.165, 1.54) is 7.11 Å². The third-order valence-corrected chi connectivity index (χ3v) is 7.49. The lowest BCUT2D eigenvalue weighted by atomic mass is 9.48. The molecule has 0 aromatic carbocycles. The molecule has 2 atom stereocenters. The maximum Gasteiger partial charge on any atom is 0.407 e. The van der Waals surface area contributed by atoms with E-state index < -0.39 is 17.1 Å². The van der Waals surface area contributed by atoms with Gasteiger partial charge in [-0.15, -0.1) is 0 Å². The molecule has 29 heavy (non-hydrogen) atoms. The van der Waals surface area contributed by atoms with Crippen LogP contribution >= 0.6 is 0 Å². The Kier molecular flexibility index (Phi) is 4.86. The van der Waals surface area contributed by atoms with Crippen molar-refractivity contribution in [3.05, 3.63) is 0 Å². The fourth-order valence-corrected chi connectivity index (χ4v) is 6.22. The van der Waals surface area contributed by atoms with Crippen molar-refractivity contribution in [2.45, 2.75) is 77.4 Å². The Hall–Kier alpha value is -1.79. The van der Waals surface area contributed by atoms with Gasteiger partial charge in [-0.1, -0.05) is 0 Å². The number of nitrogens with one attached hydrogen (secondary N) is 2. The lowest BCUT2D eigenvalue weighted by Crippen LogP contribution is -2.62. The second-order valence-electron chi connectivity index (χ2n) is 10.9. The highest BCUT2D eigenvalue weighted by Crippen LogP contribution is 2.60. The summed E-state index contributed by atoms with van der Waals surface area (Å²) in [5.74, 6) is 1.24. The van der Waals surface area contributed by atoms with Crippen molar-refractivity contribution in [1.82, 2.24) is 10.6 Å². The summed E-state index contributed by atoms with van der Waals surface area (Å²) in [6, 6.07) is 0.135. The molecule has 162 valence electrons. The van der Waals surface area contributed by atoms with Gasteiger partial charge < -0.3 is 20.1 Å². The molecule has 5 fully saturated rings. The van der Waals surface area contributed by atoms with Crippen LogP contribution in [0.4, 0.5) is 4.79 Å². The number of carbonyl (C=O) groups is 3. The van der Waals surface area contributed by atoms with Crippen LogP contribution in [-0.2, 0) is 19.1 Å². The van der Waals surface area contributed by atoms with E-state index in [-0.39, 0.29) is 23.3 Å². The van der Waals surface area contributed by atoms with Gasteiger partial charge in [0.25, 0.3) is 0 Å². The largest absolute Gasteiger partial charge is 0.469 e. The van der Waals surface area contributed by atoms with Crippen molar-refractivity contribution in [3.63, 3.8) is 0 Å². The summed E-state index contributed by atoms with van der Waals surface area (Å²) in [4.78, 5) is 37.5. The minimum Gasteiger partial charge on any atom is -0.469 e. The normalized spacial score (nSPS) is 36.3. The Labute approximate surface area is 172 Å². The standard InChI is InChI=1S/C22H34N2O5/c1-20(2,3)29-19(27)23-12-21(5-6-21)17(25)24-16-14-7-13-8-15(16)11-22(9-13,10-14)18(26)28-4/h13-16H,5-12H2,1-4H3,(H,23,27)(H,24,25). The first kappa shape index (κ1) is 20.5. The Bertz CT molecular complexity index is 692. The zero-order chi connectivity index (χ0) is 21.0. The molecule has 0 radical (unpaired) electrons. The SMILES string of the molecule is COC(=O)C12CC3CC(C1)C(NC(=O)C1(CNC(=O)OC(C)(C)C)CC1)C(C3)C2. The summed E-state index contributed by atoms with van der Waals surface area (Å²) >= 11 is 0. The maximum absolute atomic E-state index is 13.1. The topological polar surface area (TPSA) is 93.7 Å². The van der Waals surface area contributed by atoms with Crippen LogP contribution in [0.5, 0.6) is 0 Å². The Morgan fingerprint density at radius 1 is 1.03 bits per heavy atom. The monoisotopic (exact) mass is 406 g/mol. The van der Waals surface area contributed by atoms with Gasteiger partial charge in [0.05, 0.1) is 17.9 Å². The lowest BCUT2D eigenvalue weighted by Gasteiger charge is -2.58. The average Bonchev–Trinajstić information content (AvgIpc) is 3.41. The minimum atomic E-state index is -0.557. The molecule has 2 unspecified atom stereocenters. The molecule has 7 nitrogen and oxygen atoms in total. The smallest absolute Gasteiger partial charge is 0.407 e. The highest BCUT2D eigenvalue weighted by Gasteiger charge is 2.60. The molecule has 0 aromatic heterocycles. The zero-order valence-corrected chi connectivity index (χ0v) is 18.0. The van der Waals surface area contributed by atoms with E-state index in [4.69, 9.17) is 9.47 Å². The number of carbonyl (C=O) groups excluding carboxylic acids is 3. The summed E-state index contributed by atoms with van der Waals surface area (Å²) in [5.41, 5.74) is -1.40. The van der Waals surface area contributed by atoms with Crippen LogP contribution in [0.3, 0.4) is 0 Å². The second-order valence-corrected chi connectivity index (χ2v) is 10.9. The molecule has 2 N–H and O–H groups in total. The van der Waals surface area contributed by atoms with E-state index >= 15 is 0 Å². The summed E-state index contributed by atoms with van der Waals surface area (Å²) < 4.78 is 10.4. The first-order valence-electron chi connectivity index (χ1n) is 10.9. The number of esters is 1. The molecule has 0 aliphatic heterocycles. The van der Waals surface area contributed by atoms with Crippen molar-refractivity contribution >= 4 is 18.0 Å². The van der Waals surface area contributed by atoms with E-state index in [2.05, 4.69) is 10.6 Å². The number of hydrogen-bond donors (Lipinski definition) is 2. The first-order chi connectivity index (χ1) is 13.6. The quantitative estimate of drug-likeness (QED) is 0.685. The molecule has 2 amide bonds. The minimum absolute atomic E-state index is 0.0400. The van der Waals surface area contributed by atoms with E-state index in [0.717, 1.165) is 44.9 Å². The molecule has 5 rings (SSSR count). The number of methoxy groups -OCH3 is 1. The summed E-state index contributed by atoms with van der Waals surface area (Å²) in [5, 5.41) is 6.10. The van der Waals surface area contributed by atoms with Crippen LogP contribution in [0.15, 0.2) is 0 Å². The van der Waals surface area contributed by atoms with Crippen molar-refractivity contribution in [2.24, 2.45) is 28.6 Å². The fraction of sp³-hybridized carbons (Fsp3) is 0.864. The van der Waals surface area contributed by atoms with Gasteiger partial charge in [-0.2, -0.15) is 0 Å². The predicted octanol–water partition coefficient (Wildman–Crippen LogP) is 2.78. The van der Waals surface area contributed by atoms with Gasteiger partial charge in [0, 0.05) is 12.6 Å². The van der Waals surface area contributed by atoms with Gasteiger partial charge in [-0.05, 0) is 83.5 Å². The lowest BCUT2D eigenvalue weighted by molar-refractivity contribution is -0.171. The maximum atomic E-state index is 13.1. The summed E-state index contributed by atoms with van der Waals surface area (Å²) in [7, 11) is 1.48. The summed E-state index contributed by atoms with van der Waals surface area (Å²) in [6.45, 7) is 5.77. The number of hydrogen-bond acceptors (Lipinski definition) is 5. The number of alkyl carbamates (subject to hydrolysis) is 1. The predicted molar refractivity (Wildman–Crippen MR) is 106 cm³/mol. The molecule has 5 aliphatic carbocycles.